The van der Waals surface area contributed by atoms with Crippen molar-refractivity contribution in [3.8, 4) is 0 Å². The van der Waals surface area contributed by atoms with Gasteiger partial charge in [0, 0.05) is 5.92 Å². The molecule has 11 heavy (non-hydrogen) atoms. The molecule has 1 rings (SSSR count). The number of ketones is 1. The van der Waals surface area contributed by atoms with Crippen LogP contribution in [0.15, 0.2) is 23.8 Å². The van der Waals surface area contributed by atoms with Crippen LogP contribution in [0, 0.1) is 5.92 Å². The highest BCUT2D eigenvalue weighted by atomic mass is 16.1. The van der Waals surface area contributed by atoms with Crippen molar-refractivity contribution < 1.29 is 4.79 Å². The van der Waals surface area contributed by atoms with Crippen LogP contribution in [0.4, 0.5) is 0 Å². The first-order valence-corrected chi connectivity index (χ1v) is 4.04. The molecule has 0 saturated carbocycles. The van der Waals surface area contributed by atoms with E-state index in [0.29, 0.717) is 0 Å². The van der Waals surface area contributed by atoms with Crippen molar-refractivity contribution in [3.63, 3.8) is 0 Å². The van der Waals surface area contributed by atoms with Crippen molar-refractivity contribution in [1.29, 1.82) is 0 Å². The highest BCUT2D eigenvalue weighted by Gasteiger charge is 2.14. The fraction of sp³-hybridized carbons (Fsp3) is 0.500. The zero-order valence-electron chi connectivity index (χ0n) is 7.13. The van der Waals surface area contributed by atoms with Crippen molar-refractivity contribution in [1.82, 2.24) is 0 Å². The van der Waals surface area contributed by atoms with Crippen LogP contribution < -0.4 is 0 Å². The molecule has 0 aromatic heterocycles. The predicted octanol–water partition coefficient (Wildman–Crippen LogP) is 2.49. The van der Waals surface area contributed by atoms with Crippen LogP contribution in [0.3, 0.4) is 0 Å². The number of allylic oxidation sites excluding steroid dienone is 4. The minimum Gasteiger partial charge on any atom is -0.299 e. The third kappa shape index (κ3) is 2.04. The van der Waals surface area contributed by atoms with E-state index >= 15 is 0 Å². The standard InChI is InChI=1S/C10H14O/c1-8-6-4-3-5-7-10(8)9(2)11/h3,5-6,10H,4,7H2,1-2H3. The first kappa shape index (κ1) is 8.25. The minimum atomic E-state index is 0.147. The maximum atomic E-state index is 11.1. The van der Waals surface area contributed by atoms with Gasteiger partial charge in [-0.25, -0.2) is 0 Å². The summed E-state index contributed by atoms with van der Waals surface area (Å²) in [7, 11) is 0. The molecule has 1 aliphatic rings. The van der Waals surface area contributed by atoms with Gasteiger partial charge in [-0.1, -0.05) is 23.8 Å². The maximum Gasteiger partial charge on any atom is 0.137 e. The number of carbonyl (C=O) groups excluding carboxylic acids is 1. The lowest BCUT2D eigenvalue weighted by atomic mass is 9.94. The van der Waals surface area contributed by atoms with Gasteiger partial charge in [0.05, 0.1) is 0 Å². The van der Waals surface area contributed by atoms with Gasteiger partial charge < -0.3 is 0 Å². The fourth-order valence-electron chi connectivity index (χ4n) is 1.40. The minimum absolute atomic E-state index is 0.147. The second-order valence-corrected chi connectivity index (χ2v) is 3.05. The summed E-state index contributed by atoms with van der Waals surface area (Å²) in [6, 6.07) is 0. The van der Waals surface area contributed by atoms with E-state index in [9.17, 15) is 4.79 Å². The third-order valence-corrected chi connectivity index (χ3v) is 2.15. The van der Waals surface area contributed by atoms with E-state index in [0.717, 1.165) is 12.8 Å². The molecule has 0 heterocycles. The first-order valence-electron chi connectivity index (χ1n) is 4.04. The van der Waals surface area contributed by atoms with E-state index in [1.54, 1.807) is 6.92 Å². The molecule has 0 fully saturated rings. The Morgan fingerprint density at radius 1 is 1.55 bits per heavy atom. The van der Waals surface area contributed by atoms with Crippen LogP contribution in [0.1, 0.15) is 26.7 Å². The molecule has 0 N–H and O–H groups in total. The van der Waals surface area contributed by atoms with Crippen molar-refractivity contribution in [2.45, 2.75) is 26.7 Å². The molecule has 1 heteroatoms. The molecular weight excluding hydrogens is 136 g/mol. The van der Waals surface area contributed by atoms with Gasteiger partial charge in [-0.05, 0) is 26.7 Å². The van der Waals surface area contributed by atoms with Crippen LogP contribution >= 0.6 is 0 Å². The number of rotatable bonds is 1. The largest absolute Gasteiger partial charge is 0.299 e. The normalized spacial score (nSPS) is 24.2. The molecule has 0 amide bonds. The highest BCUT2D eigenvalue weighted by molar-refractivity contribution is 5.81. The van der Waals surface area contributed by atoms with Crippen molar-refractivity contribution in [2.75, 3.05) is 0 Å². The summed E-state index contributed by atoms with van der Waals surface area (Å²) in [5, 5.41) is 0. The van der Waals surface area contributed by atoms with E-state index in [2.05, 4.69) is 18.2 Å². The average molecular weight is 150 g/mol. The van der Waals surface area contributed by atoms with Crippen LogP contribution in [0.2, 0.25) is 0 Å². The summed E-state index contributed by atoms with van der Waals surface area (Å²) >= 11 is 0. The molecule has 1 atom stereocenters. The fourth-order valence-corrected chi connectivity index (χ4v) is 1.40. The number of Topliss-reactive ketones (excluding diaryl/α,β-unsaturated/α-hetero) is 1. The maximum absolute atomic E-state index is 11.1. The van der Waals surface area contributed by atoms with E-state index in [1.807, 2.05) is 6.92 Å². The Hall–Kier alpha value is -0.850. The second-order valence-electron chi connectivity index (χ2n) is 3.05. The van der Waals surface area contributed by atoms with Gasteiger partial charge in [0.2, 0.25) is 0 Å². The van der Waals surface area contributed by atoms with E-state index < -0.39 is 0 Å². The van der Waals surface area contributed by atoms with E-state index in [4.69, 9.17) is 0 Å². The average Bonchev–Trinajstić information content (AvgIpc) is 2.13. The van der Waals surface area contributed by atoms with Crippen LogP contribution in [-0.4, -0.2) is 5.78 Å². The molecular formula is C10H14O. The summed E-state index contributed by atoms with van der Waals surface area (Å²) in [6.07, 6.45) is 8.22. The summed E-state index contributed by atoms with van der Waals surface area (Å²) in [5.41, 5.74) is 1.22. The molecule has 60 valence electrons. The highest BCUT2D eigenvalue weighted by Crippen LogP contribution is 2.20. The van der Waals surface area contributed by atoms with Crippen molar-refractivity contribution in [3.05, 3.63) is 23.8 Å². The van der Waals surface area contributed by atoms with E-state index in [-0.39, 0.29) is 11.7 Å². The van der Waals surface area contributed by atoms with Crippen LogP contribution in [0.5, 0.6) is 0 Å². The Bertz CT molecular complexity index is 211. The Labute approximate surface area is 67.8 Å². The zero-order valence-corrected chi connectivity index (χ0v) is 7.13. The molecule has 0 spiro atoms. The Kier molecular flexibility index (Phi) is 2.64. The third-order valence-electron chi connectivity index (χ3n) is 2.15. The Balaban J connectivity index is 2.76. The van der Waals surface area contributed by atoms with Crippen molar-refractivity contribution in [2.24, 2.45) is 5.92 Å². The van der Waals surface area contributed by atoms with Crippen LogP contribution in [0.25, 0.3) is 0 Å². The molecule has 0 radical (unpaired) electrons. The lowest BCUT2D eigenvalue weighted by Crippen LogP contribution is -2.10. The number of carbonyl (C=O) groups is 1. The summed E-state index contributed by atoms with van der Waals surface area (Å²) in [5.74, 6) is 0.430. The van der Waals surface area contributed by atoms with Gasteiger partial charge in [0.15, 0.2) is 0 Å². The quantitative estimate of drug-likeness (QED) is 0.525. The topological polar surface area (TPSA) is 17.1 Å². The molecule has 0 bridgehead atoms. The van der Waals surface area contributed by atoms with Gasteiger partial charge in [0.25, 0.3) is 0 Å². The molecule has 1 unspecified atom stereocenters. The SMILES string of the molecule is CC(=O)C1CC=CCC=C1C. The Morgan fingerprint density at radius 3 is 2.91 bits per heavy atom. The summed E-state index contributed by atoms with van der Waals surface area (Å²) < 4.78 is 0. The van der Waals surface area contributed by atoms with Crippen LogP contribution in [-0.2, 0) is 4.79 Å². The summed E-state index contributed by atoms with van der Waals surface area (Å²) in [4.78, 5) is 11.1. The Morgan fingerprint density at radius 2 is 2.27 bits per heavy atom. The molecule has 0 aliphatic heterocycles. The zero-order chi connectivity index (χ0) is 8.27. The molecule has 0 saturated heterocycles. The van der Waals surface area contributed by atoms with Gasteiger partial charge >= 0.3 is 0 Å². The predicted molar refractivity (Wildman–Crippen MR) is 46.3 cm³/mol. The molecule has 1 aliphatic carbocycles. The second kappa shape index (κ2) is 3.51. The van der Waals surface area contributed by atoms with Gasteiger partial charge in [-0.15, -0.1) is 0 Å². The number of hydrogen-bond acceptors (Lipinski definition) is 1. The smallest absolute Gasteiger partial charge is 0.137 e. The molecule has 1 nitrogen and oxygen atoms in total. The van der Waals surface area contributed by atoms with Gasteiger partial charge in [-0.2, -0.15) is 0 Å². The lowest BCUT2D eigenvalue weighted by Gasteiger charge is -2.09. The van der Waals surface area contributed by atoms with E-state index in [1.165, 1.54) is 5.57 Å². The van der Waals surface area contributed by atoms with Gasteiger partial charge in [-0.3, -0.25) is 4.79 Å². The molecule has 0 aromatic rings. The number of hydrogen-bond donors (Lipinski definition) is 0. The summed E-state index contributed by atoms with van der Waals surface area (Å²) in [6.45, 7) is 3.71. The van der Waals surface area contributed by atoms with Gasteiger partial charge in [0.1, 0.15) is 5.78 Å². The van der Waals surface area contributed by atoms with Crippen molar-refractivity contribution >= 4 is 5.78 Å². The monoisotopic (exact) mass is 150 g/mol. The lowest BCUT2D eigenvalue weighted by molar-refractivity contribution is -0.119. The first-order chi connectivity index (χ1) is 5.22. The molecule has 0 aromatic carbocycles.